The zero-order chi connectivity index (χ0) is 7.56. The van der Waals surface area contributed by atoms with Crippen molar-refractivity contribution in [2.24, 2.45) is 0 Å². The van der Waals surface area contributed by atoms with E-state index in [-0.39, 0.29) is 0 Å². The summed E-state index contributed by atoms with van der Waals surface area (Å²) in [4.78, 5) is 3.96. The lowest BCUT2D eigenvalue weighted by Crippen LogP contribution is -1.95. The first kappa shape index (κ1) is 6.86. The van der Waals surface area contributed by atoms with Crippen molar-refractivity contribution >= 4 is 5.69 Å². The number of nitrogens with zero attached hydrogens (tertiary/aromatic N) is 1. The number of hydrogen-bond acceptors (Lipinski definition) is 3. The molecule has 0 spiro atoms. The van der Waals surface area contributed by atoms with Gasteiger partial charge in [-0.05, 0) is 13.0 Å². The maximum absolute atomic E-state index is 5.58. The maximum atomic E-state index is 5.58. The van der Waals surface area contributed by atoms with Gasteiger partial charge in [-0.1, -0.05) is 0 Å². The Morgan fingerprint density at radius 2 is 2.30 bits per heavy atom. The van der Waals surface area contributed by atoms with Gasteiger partial charge < -0.3 is 10.5 Å². The molecule has 0 atom stereocenters. The van der Waals surface area contributed by atoms with Crippen LogP contribution in [-0.2, 0) is 0 Å². The Kier molecular flexibility index (Phi) is 1.76. The van der Waals surface area contributed by atoms with E-state index in [1.807, 2.05) is 6.92 Å². The minimum Gasteiger partial charge on any atom is -0.481 e. The molecule has 0 aromatic carbocycles. The highest BCUT2D eigenvalue weighted by Gasteiger charge is 1.99. The fourth-order valence-electron chi connectivity index (χ4n) is 0.736. The average molecular weight is 138 g/mol. The Hall–Kier alpha value is -1.25. The first-order valence-electron chi connectivity index (χ1n) is 3.00. The van der Waals surface area contributed by atoms with Crippen molar-refractivity contribution in [2.75, 3.05) is 12.8 Å². The molecule has 0 saturated heterocycles. The zero-order valence-electron chi connectivity index (χ0n) is 6.09. The molecule has 1 aromatic rings. The van der Waals surface area contributed by atoms with Crippen LogP contribution in [0.5, 0.6) is 5.88 Å². The Balaban J connectivity index is 3.14. The zero-order valence-corrected chi connectivity index (χ0v) is 6.09. The number of rotatable bonds is 1. The van der Waals surface area contributed by atoms with Crippen molar-refractivity contribution in [3.8, 4) is 5.88 Å². The van der Waals surface area contributed by atoms with Gasteiger partial charge >= 0.3 is 0 Å². The van der Waals surface area contributed by atoms with Gasteiger partial charge in [0, 0.05) is 17.4 Å². The Morgan fingerprint density at radius 1 is 1.60 bits per heavy atom. The van der Waals surface area contributed by atoms with Crippen LogP contribution in [0.2, 0.25) is 0 Å². The Bertz CT molecular complexity index is 235. The summed E-state index contributed by atoms with van der Waals surface area (Å²) in [6, 6.07) is 1.75. The summed E-state index contributed by atoms with van der Waals surface area (Å²) in [5.74, 6) is 0.597. The standard InChI is InChI=1S/C7H10N2O/c1-5-6(8)3-4-9-7(5)10-2/h3-4H,1-2H3,(H2,8,9). The second kappa shape index (κ2) is 2.56. The lowest BCUT2D eigenvalue weighted by Gasteiger charge is -2.03. The highest BCUT2D eigenvalue weighted by molar-refractivity contribution is 5.49. The van der Waals surface area contributed by atoms with Crippen molar-refractivity contribution < 1.29 is 4.74 Å². The maximum Gasteiger partial charge on any atom is 0.218 e. The molecule has 0 bridgehead atoms. The van der Waals surface area contributed by atoms with Crippen molar-refractivity contribution in [1.82, 2.24) is 4.98 Å². The summed E-state index contributed by atoms with van der Waals surface area (Å²) < 4.78 is 4.93. The van der Waals surface area contributed by atoms with Crippen LogP contribution in [0.15, 0.2) is 12.3 Å². The topological polar surface area (TPSA) is 48.1 Å². The quantitative estimate of drug-likeness (QED) is 0.629. The third-order valence-corrected chi connectivity index (χ3v) is 1.39. The summed E-state index contributed by atoms with van der Waals surface area (Å²) in [6.45, 7) is 1.88. The number of anilines is 1. The van der Waals surface area contributed by atoms with Crippen molar-refractivity contribution in [3.63, 3.8) is 0 Å². The summed E-state index contributed by atoms with van der Waals surface area (Å²) in [6.07, 6.45) is 1.63. The van der Waals surface area contributed by atoms with Gasteiger partial charge in [-0.2, -0.15) is 0 Å². The van der Waals surface area contributed by atoms with Crippen molar-refractivity contribution in [2.45, 2.75) is 6.92 Å². The van der Waals surface area contributed by atoms with E-state index in [0.717, 1.165) is 5.56 Å². The lowest BCUT2D eigenvalue weighted by molar-refractivity contribution is 0.395. The summed E-state index contributed by atoms with van der Waals surface area (Å²) in [5, 5.41) is 0. The van der Waals surface area contributed by atoms with Gasteiger partial charge in [0.05, 0.1) is 7.11 Å². The molecule has 0 aliphatic heterocycles. The van der Waals surface area contributed by atoms with Crippen LogP contribution in [-0.4, -0.2) is 12.1 Å². The SMILES string of the molecule is COc1nccc(N)c1C. The Morgan fingerprint density at radius 3 is 2.80 bits per heavy atom. The smallest absolute Gasteiger partial charge is 0.218 e. The molecule has 0 aliphatic rings. The number of nitrogens with two attached hydrogens (primary N) is 1. The van der Waals surface area contributed by atoms with Crippen LogP contribution in [0.4, 0.5) is 5.69 Å². The van der Waals surface area contributed by atoms with E-state index in [4.69, 9.17) is 10.5 Å². The average Bonchev–Trinajstić information content (AvgIpc) is 1.95. The predicted molar refractivity (Wildman–Crippen MR) is 39.9 cm³/mol. The second-order valence-corrected chi connectivity index (χ2v) is 2.03. The molecule has 0 radical (unpaired) electrons. The number of ether oxygens (including phenoxy) is 1. The van der Waals surface area contributed by atoms with Crippen molar-refractivity contribution in [1.29, 1.82) is 0 Å². The second-order valence-electron chi connectivity index (χ2n) is 2.03. The minimum absolute atomic E-state index is 0.597. The molecule has 0 aliphatic carbocycles. The number of nitrogen functional groups attached to an aromatic ring is 1. The molecule has 1 aromatic heterocycles. The molecule has 0 amide bonds. The first-order valence-corrected chi connectivity index (χ1v) is 3.00. The normalized spacial score (nSPS) is 9.40. The van der Waals surface area contributed by atoms with Gasteiger partial charge in [0.25, 0.3) is 0 Å². The molecule has 10 heavy (non-hydrogen) atoms. The van der Waals surface area contributed by atoms with E-state index in [2.05, 4.69) is 4.98 Å². The van der Waals surface area contributed by atoms with E-state index in [0.29, 0.717) is 11.6 Å². The van der Waals surface area contributed by atoms with Gasteiger partial charge in [-0.3, -0.25) is 0 Å². The van der Waals surface area contributed by atoms with E-state index in [1.54, 1.807) is 19.4 Å². The summed E-state index contributed by atoms with van der Waals surface area (Å²) >= 11 is 0. The van der Waals surface area contributed by atoms with Crippen LogP contribution in [0.25, 0.3) is 0 Å². The van der Waals surface area contributed by atoms with E-state index >= 15 is 0 Å². The van der Waals surface area contributed by atoms with Gasteiger partial charge in [-0.15, -0.1) is 0 Å². The molecule has 1 rings (SSSR count). The largest absolute Gasteiger partial charge is 0.481 e. The number of methoxy groups -OCH3 is 1. The van der Waals surface area contributed by atoms with E-state index in [1.165, 1.54) is 0 Å². The lowest BCUT2D eigenvalue weighted by atomic mass is 10.2. The number of pyridine rings is 1. The predicted octanol–water partition coefficient (Wildman–Crippen LogP) is 0.981. The molecule has 0 saturated carbocycles. The monoisotopic (exact) mass is 138 g/mol. The van der Waals surface area contributed by atoms with E-state index in [9.17, 15) is 0 Å². The molecule has 3 nitrogen and oxygen atoms in total. The molecule has 0 fully saturated rings. The molecular formula is C7H10N2O. The molecule has 2 N–H and O–H groups in total. The van der Waals surface area contributed by atoms with Gasteiger partial charge in [-0.25, -0.2) is 4.98 Å². The first-order chi connectivity index (χ1) is 4.75. The fourth-order valence-corrected chi connectivity index (χ4v) is 0.736. The molecule has 1 heterocycles. The number of hydrogen-bond donors (Lipinski definition) is 1. The van der Waals surface area contributed by atoms with Crippen LogP contribution >= 0.6 is 0 Å². The van der Waals surface area contributed by atoms with Gasteiger partial charge in [0.2, 0.25) is 5.88 Å². The minimum atomic E-state index is 0.597. The highest BCUT2D eigenvalue weighted by atomic mass is 16.5. The molecule has 3 heteroatoms. The highest BCUT2D eigenvalue weighted by Crippen LogP contribution is 2.18. The summed E-state index contributed by atoms with van der Waals surface area (Å²) in [5.41, 5.74) is 7.18. The Labute approximate surface area is 59.8 Å². The summed E-state index contributed by atoms with van der Waals surface area (Å²) in [7, 11) is 1.58. The van der Waals surface area contributed by atoms with E-state index < -0.39 is 0 Å². The number of aromatic nitrogens is 1. The van der Waals surface area contributed by atoms with Crippen LogP contribution in [0, 0.1) is 6.92 Å². The van der Waals surface area contributed by atoms with Crippen LogP contribution in [0.3, 0.4) is 0 Å². The van der Waals surface area contributed by atoms with Crippen LogP contribution < -0.4 is 10.5 Å². The third-order valence-electron chi connectivity index (χ3n) is 1.39. The molecule has 0 unspecified atom stereocenters. The fraction of sp³-hybridized carbons (Fsp3) is 0.286. The third kappa shape index (κ3) is 1.03. The van der Waals surface area contributed by atoms with Crippen molar-refractivity contribution in [3.05, 3.63) is 17.8 Å². The van der Waals surface area contributed by atoms with Crippen LogP contribution in [0.1, 0.15) is 5.56 Å². The van der Waals surface area contributed by atoms with Gasteiger partial charge in [0.1, 0.15) is 0 Å². The molecule has 54 valence electrons. The molecular weight excluding hydrogens is 128 g/mol. The van der Waals surface area contributed by atoms with Gasteiger partial charge in [0.15, 0.2) is 0 Å².